The van der Waals surface area contributed by atoms with Crippen molar-refractivity contribution in [2.75, 3.05) is 21.3 Å². The predicted molar refractivity (Wildman–Crippen MR) is 136 cm³/mol. The van der Waals surface area contributed by atoms with Gasteiger partial charge in [0.1, 0.15) is 11.3 Å². The van der Waals surface area contributed by atoms with E-state index in [0.29, 0.717) is 40.7 Å². The van der Waals surface area contributed by atoms with E-state index in [2.05, 4.69) is 0 Å². The van der Waals surface area contributed by atoms with Crippen LogP contribution in [0.25, 0.3) is 0 Å². The van der Waals surface area contributed by atoms with E-state index in [4.69, 9.17) is 36.3 Å². The van der Waals surface area contributed by atoms with Gasteiger partial charge in [-0.1, -0.05) is 35.9 Å². The molecule has 0 spiro atoms. The standard InChI is InChI=1S/C27H27ClN2O6/c1-15-13-21-23(26(31)30(15)12-11-16-9-10-19(33-2)20(14-16)34-3)22(17-7-5-6-8-18(17)28)24(25(29)36-21)27(32)35-4/h5-10,13-14,22H,11-12,29H2,1-4H3/t22-/m1/s1. The number of rotatable bonds is 7. The summed E-state index contributed by atoms with van der Waals surface area (Å²) in [5.41, 5.74) is 8.37. The van der Waals surface area contributed by atoms with Crippen LogP contribution >= 0.6 is 11.6 Å². The third kappa shape index (κ3) is 4.52. The molecule has 0 amide bonds. The van der Waals surface area contributed by atoms with Crippen LogP contribution in [-0.4, -0.2) is 31.9 Å². The van der Waals surface area contributed by atoms with E-state index in [1.807, 2.05) is 25.1 Å². The lowest BCUT2D eigenvalue weighted by Gasteiger charge is -2.29. The van der Waals surface area contributed by atoms with Crippen molar-refractivity contribution in [3.63, 3.8) is 0 Å². The molecule has 36 heavy (non-hydrogen) atoms. The van der Waals surface area contributed by atoms with Gasteiger partial charge >= 0.3 is 5.97 Å². The molecule has 2 N–H and O–H groups in total. The minimum atomic E-state index is -0.852. The Hall–Kier alpha value is -3.91. The molecule has 9 heteroatoms. The first kappa shape index (κ1) is 25.2. The Morgan fingerprint density at radius 1 is 1.08 bits per heavy atom. The second kappa shape index (κ2) is 10.4. The van der Waals surface area contributed by atoms with Crippen LogP contribution < -0.4 is 25.5 Å². The molecule has 0 saturated heterocycles. The minimum Gasteiger partial charge on any atom is -0.493 e. The van der Waals surface area contributed by atoms with Gasteiger partial charge in [0.15, 0.2) is 11.5 Å². The molecule has 188 valence electrons. The number of benzene rings is 2. The van der Waals surface area contributed by atoms with Gasteiger partial charge in [-0.3, -0.25) is 4.79 Å². The third-order valence-electron chi connectivity index (χ3n) is 6.26. The summed E-state index contributed by atoms with van der Waals surface area (Å²) < 4.78 is 23.1. The van der Waals surface area contributed by atoms with E-state index in [1.54, 1.807) is 49.1 Å². The number of halogens is 1. The summed E-state index contributed by atoms with van der Waals surface area (Å²) >= 11 is 6.52. The van der Waals surface area contributed by atoms with Gasteiger partial charge in [-0.2, -0.15) is 0 Å². The van der Waals surface area contributed by atoms with Crippen LogP contribution in [0.3, 0.4) is 0 Å². The van der Waals surface area contributed by atoms with Gasteiger partial charge in [-0.15, -0.1) is 0 Å². The van der Waals surface area contributed by atoms with Crippen molar-refractivity contribution in [3.8, 4) is 17.2 Å². The Kier molecular flexibility index (Phi) is 7.26. The molecule has 0 saturated carbocycles. The van der Waals surface area contributed by atoms with E-state index >= 15 is 0 Å². The van der Waals surface area contributed by atoms with Crippen LogP contribution in [0.4, 0.5) is 0 Å². The van der Waals surface area contributed by atoms with E-state index < -0.39 is 11.9 Å². The van der Waals surface area contributed by atoms with Crippen LogP contribution in [0.5, 0.6) is 17.2 Å². The zero-order valence-corrected chi connectivity index (χ0v) is 21.2. The number of nitrogens with two attached hydrogens (primary N) is 1. The molecular formula is C27H27ClN2O6. The molecule has 2 heterocycles. The first-order valence-corrected chi connectivity index (χ1v) is 11.6. The summed E-state index contributed by atoms with van der Waals surface area (Å²) in [6.07, 6.45) is 0.555. The van der Waals surface area contributed by atoms with Gasteiger partial charge in [0.25, 0.3) is 5.56 Å². The minimum absolute atomic E-state index is 0.0329. The van der Waals surface area contributed by atoms with Crippen molar-refractivity contribution < 1.29 is 23.7 Å². The first-order chi connectivity index (χ1) is 17.3. The number of aromatic nitrogens is 1. The largest absolute Gasteiger partial charge is 0.493 e. The van der Waals surface area contributed by atoms with Crippen molar-refractivity contribution >= 4 is 17.6 Å². The SMILES string of the molecule is COC(=O)C1=C(N)Oc2cc(C)n(CCc3ccc(OC)c(OC)c3)c(=O)c2[C@H]1c1ccccc1Cl. The van der Waals surface area contributed by atoms with E-state index in [9.17, 15) is 9.59 Å². The van der Waals surface area contributed by atoms with Crippen molar-refractivity contribution in [3.05, 3.63) is 97.7 Å². The fourth-order valence-electron chi connectivity index (χ4n) is 4.47. The summed E-state index contributed by atoms with van der Waals surface area (Å²) in [6, 6.07) is 14.4. The fraction of sp³-hybridized carbons (Fsp3) is 0.259. The van der Waals surface area contributed by atoms with E-state index in [-0.39, 0.29) is 28.3 Å². The third-order valence-corrected chi connectivity index (χ3v) is 6.61. The van der Waals surface area contributed by atoms with Gasteiger partial charge < -0.3 is 29.2 Å². The molecule has 4 rings (SSSR count). The lowest BCUT2D eigenvalue weighted by molar-refractivity contribution is -0.136. The normalized spacial score (nSPS) is 14.6. The highest BCUT2D eigenvalue weighted by atomic mass is 35.5. The van der Waals surface area contributed by atoms with Crippen LogP contribution in [0, 0.1) is 6.92 Å². The average Bonchev–Trinajstić information content (AvgIpc) is 2.87. The topological polar surface area (TPSA) is 102 Å². The number of ether oxygens (including phenoxy) is 4. The zero-order valence-electron chi connectivity index (χ0n) is 20.5. The molecule has 2 aromatic carbocycles. The van der Waals surface area contributed by atoms with Crippen molar-refractivity contribution in [1.82, 2.24) is 4.57 Å². The number of esters is 1. The number of aryl methyl sites for hydroxylation is 2. The Labute approximate surface area is 213 Å². The maximum atomic E-state index is 13.9. The first-order valence-electron chi connectivity index (χ1n) is 11.3. The van der Waals surface area contributed by atoms with Crippen molar-refractivity contribution in [2.24, 2.45) is 5.73 Å². The number of pyridine rings is 1. The monoisotopic (exact) mass is 510 g/mol. The number of hydrogen-bond donors (Lipinski definition) is 1. The summed E-state index contributed by atoms with van der Waals surface area (Å²) in [6.45, 7) is 2.20. The molecule has 8 nitrogen and oxygen atoms in total. The number of hydrogen-bond acceptors (Lipinski definition) is 7. The van der Waals surface area contributed by atoms with Crippen LogP contribution in [0.15, 0.2) is 64.8 Å². The fourth-order valence-corrected chi connectivity index (χ4v) is 4.71. The Balaban J connectivity index is 1.81. The Morgan fingerprint density at radius 3 is 2.47 bits per heavy atom. The number of carbonyl (C=O) groups is 1. The lowest BCUT2D eigenvalue weighted by atomic mass is 9.83. The van der Waals surface area contributed by atoms with Gasteiger partial charge in [-0.05, 0) is 42.7 Å². The number of carbonyl (C=O) groups excluding carboxylic acids is 1. The van der Waals surface area contributed by atoms with Gasteiger partial charge in [0.2, 0.25) is 5.88 Å². The van der Waals surface area contributed by atoms with Gasteiger partial charge in [0, 0.05) is 23.3 Å². The molecular weight excluding hydrogens is 484 g/mol. The molecule has 1 aliphatic heterocycles. The van der Waals surface area contributed by atoms with Crippen LogP contribution in [-0.2, 0) is 22.5 Å². The van der Waals surface area contributed by atoms with E-state index in [1.165, 1.54) is 7.11 Å². The molecule has 0 radical (unpaired) electrons. The number of methoxy groups -OCH3 is 3. The number of nitrogens with zero attached hydrogens (tertiary/aromatic N) is 1. The average molecular weight is 511 g/mol. The highest BCUT2D eigenvalue weighted by molar-refractivity contribution is 6.31. The van der Waals surface area contributed by atoms with Crippen LogP contribution in [0.1, 0.15) is 28.3 Å². The van der Waals surface area contributed by atoms with Gasteiger partial charge in [0.05, 0.1) is 32.8 Å². The molecule has 0 unspecified atom stereocenters. The van der Waals surface area contributed by atoms with Crippen molar-refractivity contribution in [2.45, 2.75) is 25.8 Å². The maximum Gasteiger partial charge on any atom is 0.340 e. The summed E-state index contributed by atoms with van der Waals surface area (Å²) in [7, 11) is 4.40. The number of fused-ring (bicyclic) bond motifs is 1. The zero-order chi connectivity index (χ0) is 26.0. The summed E-state index contributed by atoms with van der Waals surface area (Å²) in [5, 5.41) is 0.390. The molecule has 1 aromatic heterocycles. The predicted octanol–water partition coefficient (Wildman–Crippen LogP) is 3.94. The van der Waals surface area contributed by atoms with Crippen molar-refractivity contribution in [1.29, 1.82) is 0 Å². The molecule has 0 bridgehead atoms. The van der Waals surface area contributed by atoms with Gasteiger partial charge in [-0.25, -0.2) is 4.79 Å². The molecule has 1 aliphatic rings. The molecule has 3 aromatic rings. The molecule has 0 fully saturated rings. The smallest absolute Gasteiger partial charge is 0.340 e. The van der Waals surface area contributed by atoms with Crippen LogP contribution in [0.2, 0.25) is 5.02 Å². The highest BCUT2D eigenvalue weighted by Crippen LogP contribution is 2.43. The molecule has 1 atom stereocenters. The second-order valence-corrected chi connectivity index (χ2v) is 8.69. The Bertz CT molecular complexity index is 1410. The Morgan fingerprint density at radius 2 is 1.81 bits per heavy atom. The maximum absolute atomic E-state index is 13.9. The molecule has 0 aliphatic carbocycles. The quantitative estimate of drug-likeness (QED) is 0.480. The highest BCUT2D eigenvalue weighted by Gasteiger charge is 2.39. The van der Waals surface area contributed by atoms with E-state index in [0.717, 1.165) is 5.56 Å². The lowest BCUT2D eigenvalue weighted by Crippen LogP contribution is -2.35. The second-order valence-electron chi connectivity index (χ2n) is 8.29. The summed E-state index contributed by atoms with van der Waals surface area (Å²) in [5.74, 6) is -0.144. The summed E-state index contributed by atoms with van der Waals surface area (Å²) in [4.78, 5) is 26.7.